The number of nitrogens with zero attached hydrogens (tertiary/aromatic N) is 2. The smallest absolute Gasteiger partial charge is 0.278 e. The fraction of sp³-hybridized carbons (Fsp3) is 0.304. The molecule has 0 N–H and O–H groups in total. The van der Waals surface area contributed by atoms with Gasteiger partial charge in [0.25, 0.3) is 11.8 Å². The molecule has 2 aliphatic heterocycles. The van der Waals surface area contributed by atoms with Gasteiger partial charge in [0.15, 0.2) is 0 Å². The highest BCUT2D eigenvalue weighted by Gasteiger charge is 2.43. The maximum absolute atomic E-state index is 13.4. The van der Waals surface area contributed by atoms with E-state index >= 15 is 0 Å². The number of unbranched alkanes of at least 4 members (excludes halogenated alkanes) is 2. The Kier molecular flexibility index (Phi) is 5.66. The predicted octanol–water partition coefficient (Wildman–Crippen LogP) is 5.33. The molecule has 0 unspecified atom stereocenters. The Balaban J connectivity index is 1.83. The molecule has 2 amide bonds. The lowest BCUT2D eigenvalue weighted by molar-refractivity contribution is -0.136. The van der Waals surface area contributed by atoms with E-state index < -0.39 is 0 Å². The van der Waals surface area contributed by atoms with Crippen LogP contribution in [0.5, 0.6) is 0 Å². The van der Waals surface area contributed by atoms with Crippen LogP contribution in [0.3, 0.4) is 0 Å². The van der Waals surface area contributed by atoms with Gasteiger partial charge in [-0.1, -0.05) is 67.2 Å². The van der Waals surface area contributed by atoms with Crippen LogP contribution in [0.25, 0.3) is 5.57 Å². The van der Waals surface area contributed by atoms with E-state index in [4.69, 9.17) is 23.2 Å². The van der Waals surface area contributed by atoms with Crippen molar-refractivity contribution in [3.05, 3.63) is 69.3 Å². The van der Waals surface area contributed by atoms with Crippen molar-refractivity contribution in [2.75, 3.05) is 18.0 Å². The molecule has 0 saturated carbocycles. The monoisotopic (exact) mass is 428 g/mol. The Bertz CT molecular complexity index is 1020. The standard InChI is InChI=1S/C23H22Cl2N2O2/c1-2-3-6-12-27-22(28)20(17-10-9-16(24)14-18(17)25)21(23(27)29)26-13-11-15-7-4-5-8-19(15)26/h4-5,7-10,14H,2-3,6,11-13H2,1H3. The molecule has 0 atom stereocenters. The lowest BCUT2D eigenvalue weighted by atomic mass is 10.0. The highest BCUT2D eigenvalue weighted by atomic mass is 35.5. The second kappa shape index (κ2) is 8.21. The summed E-state index contributed by atoms with van der Waals surface area (Å²) in [6.07, 6.45) is 3.61. The van der Waals surface area contributed by atoms with Gasteiger partial charge in [-0.05, 0) is 36.6 Å². The first kappa shape index (κ1) is 20.0. The summed E-state index contributed by atoms with van der Waals surface area (Å²) in [5.41, 5.74) is 3.48. The Morgan fingerprint density at radius 1 is 1.00 bits per heavy atom. The zero-order valence-electron chi connectivity index (χ0n) is 16.3. The summed E-state index contributed by atoms with van der Waals surface area (Å²) in [5, 5.41) is 0.859. The Morgan fingerprint density at radius 2 is 1.79 bits per heavy atom. The molecule has 0 fully saturated rings. The minimum Gasteiger partial charge on any atom is -0.336 e. The summed E-state index contributed by atoms with van der Waals surface area (Å²) < 4.78 is 0. The molecule has 0 bridgehead atoms. The number of anilines is 1. The zero-order valence-corrected chi connectivity index (χ0v) is 17.8. The topological polar surface area (TPSA) is 40.6 Å². The van der Waals surface area contributed by atoms with E-state index in [9.17, 15) is 9.59 Å². The summed E-state index contributed by atoms with van der Waals surface area (Å²) in [6, 6.07) is 13.0. The molecule has 0 spiro atoms. The van der Waals surface area contributed by atoms with Crippen molar-refractivity contribution in [2.45, 2.75) is 32.6 Å². The average Bonchev–Trinajstić information content (AvgIpc) is 3.22. The number of carbonyl (C=O) groups is 2. The number of para-hydroxylation sites is 1. The maximum Gasteiger partial charge on any atom is 0.278 e. The Labute approximate surface area is 180 Å². The zero-order chi connectivity index (χ0) is 20.5. The van der Waals surface area contributed by atoms with Gasteiger partial charge in [0.2, 0.25) is 0 Å². The number of rotatable bonds is 6. The molecule has 2 aromatic carbocycles. The SMILES string of the molecule is CCCCCN1C(=O)C(c2ccc(Cl)cc2Cl)=C(N2CCc3ccccc32)C1=O. The third-order valence-corrected chi connectivity index (χ3v) is 6.03. The third-order valence-electron chi connectivity index (χ3n) is 5.49. The molecule has 6 heteroatoms. The minimum atomic E-state index is -0.283. The van der Waals surface area contributed by atoms with Gasteiger partial charge in [0.1, 0.15) is 5.70 Å². The quantitative estimate of drug-likeness (QED) is 0.461. The van der Waals surface area contributed by atoms with Crippen molar-refractivity contribution in [3.8, 4) is 0 Å². The van der Waals surface area contributed by atoms with Crippen molar-refractivity contribution in [2.24, 2.45) is 0 Å². The van der Waals surface area contributed by atoms with Gasteiger partial charge in [0, 0.05) is 29.4 Å². The summed E-state index contributed by atoms with van der Waals surface area (Å²) >= 11 is 12.5. The van der Waals surface area contributed by atoms with Crippen LogP contribution in [0.2, 0.25) is 10.0 Å². The Morgan fingerprint density at radius 3 is 2.55 bits per heavy atom. The third kappa shape index (κ3) is 3.56. The number of amides is 2. The van der Waals surface area contributed by atoms with E-state index in [2.05, 4.69) is 13.0 Å². The maximum atomic E-state index is 13.4. The first-order chi connectivity index (χ1) is 14.0. The number of hydrogen-bond acceptors (Lipinski definition) is 3. The highest BCUT2D eigenvalue weighted by Crippen LogP contribution is 2.40. The van der Waals surface area contributed by atoms with Crippen molar-refractivity contribution in [3.63, 3.8) is 0 Å². The van der Waals surface area contributed by atoms with E-state index in [0.29, 0.717) is 40.0 Å². The van der Waals surface area contributed by atoms with E-state index in [0.717, 1.165) is 31.4 Å². The number of halogens is 2. The van der Waals surface area contributed by atoms with Crippen LogP contribution in [-0.4, -0.2) is 29.8 Å². The van der Waals surface area contributed by atoms with Crippen LogP contribution in [0.1, 0.15) is 37.3 Å². The van der Waals surface area contributed by atoms with Crippen LogP contribution in [0.4, 0.5) is 5.69 Å². The number of imide groups is 1. The Hall–Kier alpha value is -2.30. The second-order valence-electron chi connectivity index (χ2n) is 7.35. The minimum absolute atomic E-state index is 0.246. The van der Waals surface area contributed by atoms with Gasteiger partial charge in [-0.3, -0.25) is 14.5 Å². The fourth-order valence-corrected chi connectivity index (χ4v) is 4.55. The average molecular weight is 429 g/mol. The summed E-state index contributed by atoms with van der Waals surface area (Å²) in [5.74, 6) is -0.529. The van der Waals surface area contributed by atoms with Crippen molar-refractivity contribution >= 4 is 46.3 Å². The van der Waals surface area contributed by atoms with E-state index in [1.165, 1.54) is 10.5 Å². The summed E-state index contributed by atoms with van der Waals surface area (Å²) in [7, 11) is 0. The van der Waals surface area contributed by atoms with Gasteiger partial charge in [-0.15, -0.1) is 0 Å². The molecule has 0 radical (unpaired) electrons. The number of carbonyl (C=O) groups excluding carboxylic acids is 2. The first-order valence-electron chi connectivity index (χ1n) is 9.94. The second-order valence-corrected chi connectivity index (χ2v) is 8.19. The van der Waals surface area contributed by atoms with Crippen LogP contribution in [-0.2, 0) is 16.0 Å². The van der Waals surface area contributed by atoms with Crippen molar-refractivity contribution in [1.82, 2.24) is 4.90 Å². The molecule has 2 aromatic rings. The van der Waals surface area contributed by atoms with Gasteiger partial charge in [-0.25, -0.2) is 0 Å². The number of benzene rings is 2. The van der Waals surface area contributed by atoms with Crippen molar-refractivity contribution < 1.29 is 9.59 Å². The van der Waals surface area contributed by atoms with Gasteiger partial charge in [0.05, 0.1) is 10.6 Å². The molecule has 0 aliphatic carbocycles. The van der Waals surface area contributed by atoms with Crippen molar-refractivity contribution in [1.29, 1.82) is 0 Å². The fourth-order valence-electron chi connectivity index (χ4n) is 4.04. The summed E-state index contributed by atoms with van der Waals surface area (Å²) in [4.78, 5) is 30.1. The van der Waals surface area contributed by atoms with Gasteiger partial charge in [-0.2, -0.15) is 0 Å². The molecular formula is C23H22Cl2N2O2. The molecule has 2 aliphatic rings. The lowest BCUT2D eigenvalue weighted by Crippen LogP contribution is -2.35. The van der Waals surface area contributed by atoms with Crippen LogP contribution in [0, 0.1) is 0 Å². The highest BCUT2D eigenvalue weighted by molar-refractivity contribution is 6.41. The molecule has 0 saturated heterocycles. The molecule has 4 rings (SSSR count). The first-order valence-corrected chi connectivity index (χ1v) is 10.7. The van der Waals surface area contributed by atoms with Gasteiger partial charge >= 0.3 is 0 Å². The molecule has 29 heavy (non-hydrogen) atoms. The van der Waals surface area contributed by atoms with Crippen LogP contribution >= 0.6 is 23.2 Å². The molecular weight excluding hydrogens is 407 g/mol. The van der Waals surface area contributed by atoms with E-state index in [1.54, 1.807) is 18.2 Å². The van der Waals surface area contributed by atoms with E-state index in [1.807, 2.05) is 23.1 Å². The predicted molar refractivity (Wildman–Crippen MR) is 117 cm³/mol. The summed E-state index contributed by atoms with van der Waals surface area (Å²) in [6.45, 7) is 3.17. The van der Waals surface area contributed by atoms with Crippen LogP contribution in [0.15, 0.2) is 48.2 Å². The molecule has 2 heterocycles. The van der Waals surface area contributed by atoms with Crippen LogP contribution < -0.4 is 4.90 Å². The molecule has 150 valence electrons. The largest absolute Gasteiger partial charge is 0.336 e. The lowest BCUT2D eigenvalue weighted by Gasteiger charge is -2.22. The number of fused-ring (bicyclic) bond motifs is 1. The van der Waals surface area contributed by atoms with E-state index in [-0.39, 0.29) is 11.8 Å². The number of hydrogen-bond donors (Lipinski definition) is 0. The molecule has 0 aromatic heterocycles. The normalized spacial score (nSPS) is 16.2. The van der Waals surface area contributed by atoms with Gasteiger partial charge < -0.3 is 4.90 Å². The molecule has 4 nitrogen and oxygen atoms in total.